The van der Waals surface area contributed by atoms with Gasteiger partial charge in [-0.3, -0.25) is 0 Å². The second-order valence-electron chi connectivity index (χ2n) is 7.35. The van der Waals surface area contributed by atoms with E-state index in [9.17, 15) is 0 Å². The van der Waals surface area contributed by atoms with E-state index in [0.717, 1.165) is 34.8 Å². The lowest BCUT2D eigenvalue weighted by Crippen LogP contribution is -2.33. The van der Waals surface area contributed by atoms with Gasteiger partial charge in [0.1, 0.15) is 8.64 Å². The second-order valence-corrected chi connectivity index (χ2v) is 13.5. The molecule has 0 N–H and O–H groups in total. The number of hydrogen-bond acceptors (Lipinski definition) is 6. The van der Waals surface area contributed by atoms with Gasteiger partial charge in [-0.05, 0) is 73.0 Å². The summed E-state index contributed by atoms with van der Waals surface area (Å²) in [4.78, 5) is 4.84. The first-order valence-electron chi connectivity index (χ1n) is 9.98. The Kier molecular flexibility index (Phi) is 10.1. The van der Waals surface area contributed by atoms with Gasteiger partial charge in [-0.1, -0.05) is 58.9 Å². The summed E-state index contributed by atoms with van der Waals surface area (Å²) in [5.41, 5.74) is 0. The molecule has 0 amide bonds. The molecule has 26 heavy (non-hydrogen) atoms. The van der Waals surface area contributed by atoms with Gasteiger partial charge in [0.05, 0.1) is 0 Å². The topological polar surface area (TPSA) is 6.48 Å². The molecule has 2 saturated heterocycles. The van der Waals surface area contributed by atoms with Crippen molar-refractivity contribution in [3.63, 3.8) is 0 Å². The van der Waals surface area contributed by atoms with E-state index in [1.54, 1.807) is 0 Å². The Morgan fingerprint density at radius 3 is 1.35 bits per heavy atom. The van der Waals surface area contributed by atoms with E-state index in [4.69, 9.17) is 24.4 Å². The summed E-state index contributed by atoms with van der Waals surface area (Å²) in [6, 6.07) is 0. The lowest BCUT2D eigenvalue weighted by molar-refractivity contribution is 0.352. The normalized spacial score (nSPS) is 27.4. The molecule has 0 aromatic rings. The average molecular weight is 467 g/mol. The van der Waals surface area contributed by atoms with Crippen molar-refractivity contribution < 1.29 is 0 Å². The number of thiocarbonyl (C=S) groups is 2. The molecule has 0 radical (unpaired) electrons. The van der Waals surface area contributed by atoms with Crippen molar-refractivity contribution in [1.82, 2.24) is 9.80 Å². The van der Waals surface area contributed by atoms with Gasteiger partial charge in [-0.2, -0.15) is 0 Å². The van der Waals surface area contributed by atoms with Crippen LogP contribution in [0, 0.1) is 0 Å². The predicted octanol–water partition coefficient (Wildman–Crippen LogP) is 6.60. The predicted molar refractivity (Wildman–Crippen MR) is 132 cm³/mol. The monoisotopic (exact) mass is 466 g/mol. The molecule has 1 aliphatic carbocycles. The largest absolute Gasteiger partial charge is 0.357 e. The maximum atomic E-state index is 5.70. The summed E-state index contributed by atoms with van der Waals surface area (Å²) in [7, 11) is 7.80. The van der Waals surface area contributed by atoms with E-state index in [-0.39, 0.29) is 0 Å². The summed E-state index contributed by atoms with van der Waals surface area (Å²) in [5, 5.41) is 1.41. The number of hydrogen-bond donors (Lipinski definition) is 0. The van der Waals surface area contributed by atoms with Gasteiger partial charge in [0.2, 0.25) is 0 Å². The van der Waals surface area contributed by atoms with Crippen molar-refractivity contribution in [3.05, 3.63) is 0 Å². The van der Waals surface area contributed by atoms with Gasteiger partial charge in [-0.25, -0.2) is 0 Å². The van der Waals surface area contributed by atoms with Crippen LogP contribution in [0.25, 0.3) is 0 Å². The smallest absolute Gasteiger partial charge is 0.147 e. The van der Waals surface area contributed by atoms with Gasteiger partial charge < -0.3 is 9.80 Å². The molecule has 0 bridgehead atoms. The Bertz CT molecular complexity index is 421. The second kappa shape index (κ2) is 12.0. The third kappa shape index (κ3) is 6.90. The molecule has 0 aromatic carbocycles. The Morgan fingerprint density at radius 2 is 0.962 bits per heavy atom. The van der Waals surface area contributed by atoms with Crippen LogP contribution in [0.15, 0.2) is 0 Å². The first-order valence-corrected chi connectivity index (χ1v) is 15.2. The zero-order chi connectivity index (χ0) is 18.2. The van der Waals surface area contributed by atoms with Crippen LogP contribution in [0.1, 0.15) is 64.2 Å². The minimum atomic E-state index is 0.707. The van der Waals surface area contributed by atoms with E-state index in [1.807, 2.05) is 43.2 Å². The molecular weight excluding hydrogens is 437 g/mol. The molecule has 3 aliphatic rings. The Hall–Kier alpha value is 1.18. The highest BCUT2D eigenvalue weighted by Gasteiger charge is 2.29. The van der Waals surface area contributed by atoms with Crippen molar-refractivity contribution in [2.75, 3.05) is 26.2 Å². The van der Waals surface area contributed by atoms with Crippen LogP contribution in [-0.4, -0.2) is 55.1 Å². The minimum Gasteiger partial charge on any atom is -0.357 e. The molecule has 2 aliphatic heterocycles. The maximum absolute atomic E-state index is 5.70. The number of piperidine rings is 2. The third-order valence-electron chi connectivity index (χ3n) is 5.36. The average Bonchev–Trinajstić information content (AvgIpc) is 2.72. The zero-order valence-corrected chi connectivity index (χ0v) is 20.3. The van der Waals surface area contributed by atoms with E-state index in [0.29, 0.717) is 10.5 Å². The molecule has 3 fully saturated rings. The van der Waals surface area contributed by atoms with E-state index in [1.165, 1.54) is 64.2 Å². The fraction of sp³-hybridized carbons (Fsp3) is 0.889. The summed E-state index contributed by atoms with van der Waals surface area (Å²) in [5.74, 6) is 0. The van der Waals surface area contributed by atoms with Crippen molar-refractivity contribution in [2.24, 2.45) is 0 Å². The molecule has 0 spiro atoms. The molecule has 8 heteroatoms. The standard InChI is InChI=1S/C18H30N2S6/c21-17(19-11-5-1-6-12-19)25-23-15-9-3-4-10-16(15)24-26-18(22)20-13-7-2-8-14-20/h15-16H,1-14H2. The number of rotatable bonds is 4. The summed E-state index contributed by atoms with van der Waals surface area (Å²) < 4.78 is 2.22. The molecule has 3 rings (SSSR count). The van der Waals surface area contributed by atoms with Gasteiger partial charge in [-0.15, -0.1) is 0 Å². The van der Waals surface area contributed by atoms with Crippen LogP contribution < -0.4 is 0 Å². The van der Waals surface area contributed by atoms with Crippen molar-refractivity contribution >= 4 is 76.3 Å². The third-order valence-corrected chi connectivity index (χ3v) is 12.8. The Balaban J connectivity index is 1.41. The quantitative estimate of drug-likeness (QED) is 0.333. The van der Waals surface area contributed by atoms with Crippen LogP contribution in [0.2, 0.25) is 0 Å². The van der Waals surface area contributed by atoms with Gasteiger partial charge in [0.25, 0.3) is 0 Å². The van der Waals surface area contributed by atoms with E-state index < -0.39 is 0 Å². The zero-order valence-electron chi connectivity index (χ0n) is 15.4. The Labute approximate surface area is 185 Å². The van der Waals surface area contributed by atoms with Crippen LogP contribution in [0.3, 0.4) is 0 Å². The van der Waals surface area contributed by atoms with Crippen molar-refractivity contribution in [1.29, 1.82) is 0 Å². The lowest BCUT2D eigenvalue weighted by atomic mass is 10.00. The first kappa shape index (κ1) is 21.9. The number of nitrogens with zero attached hydrogens (tertiary/aromatic N) is 2. The Morgan fingerprint density at radius 1 is 0.577 bits per heavy atom. The molecule has 2 unspecified atom stereocenters. The van der Waals surface area contributed by atoms with Crippen molar-refractivity contribution in [3.8, 4) is 0 Å². The van der Waals surface area contributed by atoms with Crippen LogP contribution in [-0.2, 0) is 0 Å². The van der Waals surface area contributed by atoms with Gasteiger partial charge in [0.15, 0.2) is 0 Å². The summed E-state index contributed by atoms with van der Waals surface area (Å²) in [6.07, 6.45) is 13.3. The van der Waals surface area contributed by atoms with E-state index in [2.05, 4.69) is 9.80 Å². The first-order chi connectivity index (χ1) is 12.7. The summed E-state index contributed by atoms with van der Waals surface area (Å²) >= 11 is 11.4. The van der Waals surface area contributed by atoms with Crippen LogP contribution in [0.4, 0.5) is 0 Å². The molecule has 2 nitrogen and oxygen atoms in total. The molecule has 2 heterocycles. The minimum absolute atomic E-state index is 0.707. The maximum Gasteiger partial charge on any atom is 0.147 e. The van der Waals surface area contributed by atoms with Crippen LogP contribution >= 0.6 is 67.6 Å². The van der Waals surface area contributed by atoms with Crippen molar-refractivity contribution in [2.45, 2.75) is 74.7 Å². The molecule has 148 valence electrons. The molecule has 2 atom stereocenters. The molecule has 0 aromatic heterocycles. The highest BCUT2D eigenvalue weighted by Crippen LogP contribution is 2.46. The highest BCUT2D eigenvalue weighted by molar-refractivity contribution is 8.85. The fourth-order valence-electron chi connectivity index (χ4n) is 3.75. The summed E-state index contributed by atoms with van der Waals surface area (Å²) in [6.45, 7) is 4.65. The molecule has 1 saturated carbocycles. The fourth-order valence-corrected chi connectivity index (χ4v) is 10.9. The SMILES string of the molecule is S=C(SSC1CCCCC1SSC(=S)N1CCCCC1)N1CCCCC1. The number of likely N-dealkylation sites (tertiary alicyclic amines) is 2. The van der Waals surface area contributed by atoms with E-state index >= 15 is 0 Å². The lowest BCUT2D eigenvalue weighted by Gasteiger charge is -2.33. The highest BCUT2D eigenvalue weighted by atomic mass is 33.1. The molecular formula is C18H30N2S6. The van der Waals surface area contributed by atoms with Gasteiger partial charge >= 0.3 is 0 Å². The van der Waals surface area contributed by atoms with Crippen LogP contribution in [0.5, 0.6) is 0 Å². The van der Waals surface area contributed by atoms with Gasteiger partial charge in [0, 0.05) is 36.7 Å².